The average Bonchev–Trinajstić information content (AvgIpc) is 3.10. The lowest BCUT2D eigenvalue weighted by Gasteiger charge is -2.32. The van der Waals surface area contributed by atoms with Crippen molar-refractivity contribution < 1.29 is 29.0 Å². The van der Waals surface area contributed by atoms with E-state index in [2.05, 4.69) is 10.2 Å². The molecule has 10 nitrogen and oxygen atoms in total. The Balaban J connectivity index is 1.30. The maximum absolute atomic E-state index is 12.2. The fourth-order valence-corrected chi connectivity index (χ4v) is 4.65. The Morgan fingerprint density at radius 1 is 1.00 bits per heavy atom. The summed E-state index contributed by atoms with van der Waals surface area (Å²) in [5.74, 6) is 1.06. The summed E-state index contributed by atoms with van der Waals surface area (Å²) in [6, 6.07) is 15.1. The van der Waals surface area contributed by atoms with Gasteiger partial charge in [-0.05, 0) is 43.2 Å². The molecule has 0 aliphatic carbocycles. The summed E-state index contributed by atoms with van der Waals surface area (Å²) in [7, 11) is 0. The van der Waals surface area contributed by atoms with Gasteiger partial charge in [0.15, 0.2) is 0 Å². The number of imide groups is 1. The van der Waals surface area contributed by atoms with E-state index < -0.39 is 5.60 Å². The molecule has 4 amide bonds. The van der Waals surface area contributed by atoms with Crippen molar-refractivity contribution in [1.29, 1.82) is 0 Å². The van der Waals surface area contributed by atoms with Gasteiger partial charge in [-0.3, -0.25) is 19.8 Å². The quantitative estimate of drug-likeness (QED) is 0.360. The van der Waals surface area contributed by atoms with Crippen LogP contribution >= 0.6 is 0 Å². The van der Waals surface area contributed by atoms with E-state index in [1.807, 2.05) is 55.5 Å². The van der Waals surface area contributed by atoms with Crippen molar-refractivity contribution >= 4 is 17.8 Å². The van der Waals surface area contributed by atoms with Crippen LogP contribution in [0.15, 0.2) is 48.5 Å². The third-order valence-corrected chi connectivity index (χ3v) is 6.70. The third kappa shape index (κ3) is 7.69. The summed E-state index contributed by atoms with van der Waals surface area (Å²) in [5.41, 5.74) is 0.972. The van der Waals surface area contributed by atoms with E-state index in [1.165, 1.54) is 11.8 Å². The number of carbonyl (C=O) groups is 3. The van der Waals surface area contributed by atoms with Crippen LogP contribution in [0.25, 0.3) is 0 Å². The van der Waals surface area contributed by atoms with Crippen molar-refractivity contribution in [3.63, 3.8) is 0 Å². The zero-order chi connectivity index (χ0) is 27.1. The largest absolute Gasteiger partial charge is 0.494 e. The molecule has 0 radical (unpaired) electrons. The molecule has 1 unspecified atom stereocenters. The molecule has 2 N–H and O–H groups in total. The van der Waals surface area contributed by atoms with Crippen molar-refractivity contribution in [2.75, 3.05) is 52.5 Å². The number of carbonyl (C=O) groups excluding carboxylic acids is 3. The molecule has 0 spiro atoms. The van der Waals surface area contributed by atoms with E-state index in [1.54, 1.807) is 4.90 Å². The second kappa shape index (κ2) is 12.3. The van der Waals surface area contributed by atoms with Gasteiger partial charge in [-0.2, -0.15) is 0 Å². The molecule has 2 fully saturated rings. The first kappa shape index (κ1) is 27.4. The van der Waals surface area contributed by atoms with Crippen LogP contribution in [-0.2, 0) is 16.1 Å². The molecule has 1 atom stereocenters. The van der Waals surface area contributed by atoms with Crippen molar-refractivity contribution in [3.05, 3.63) is 59.7 Å². The Hall–Kier alpha value is -3.63. The smallest absolute Gasteiger partial charge is 0.324 e. The maximum atomic E-state index is 12.2. The number of aliphatic hydroxyl groups is 1. The van der Waals surface area contributed by atoms with Crippen molar-refractivity contribution in [3.8, 4) is 11.5 Å². The van der Waals surface area contributed by atoms with E-state index in [9.17, 15) is 19.5 Å². The molecule has 204 valence electrons. The second-order valence-corrected chi connectivity index (χ2v) is 10.1. The van der Waals surface area contributed by atoms with E-state index >= 15 is 0 Å². The molecule has 38 heavy (non-hydrogen) atoms. The standard InChI is InChI=1S/C28H36N4O6/c1-21-4-8-25(9-5-21)38-20-28(36)18-30(13-14-32(19-28)22(2)33)16-23-6-10-24(11-7-23)37-15-3-12-31-17-26(34)29-27(31)35/h4-11,36H,3,12-20H2,1-2H3,(H,29,34,35). The summed E-state index contributed by atoms with van der Waals surface area (Å²) in [4.78, 5) is 40.3. The Morgan fingerprint density at radius 3 is 2.34 bits per heavy atom. The summed E-state index contributed by atoms with van der Waals surface area (Å²) in [6.45, 7) is 6.95. The lowest BCUT2D eigenvalue weighted by molar-refractivity contribution is -0.132. The monoisotopic (exact) mass is 524 g/mol. The summed E-state index contributed by atoms with van der Waals surface area (Å²) in [6.07, 6.45) is 0.617. The number of nitrogens with one attached hydrogen (secondary N) is 1. The first-order chi connectivity index (χ1) is 18.2. The molecule has 2 aromatic carbocycles. The highest BCUT2D eigenvalue weighted by atomic mass is 16.5. The van der Waals surface area contributed by atoms with Gasteiger partial charge in [0.05, 0.1) is 13.2 Å². The number of amides is 4. The number of aryl methyl sites for hydroxylation is 1. The van der Waals surface area contributed by atoms with Gasteiger partial charge in [0.2, 0.25) is 11.8 Å². The predicted molar refractivity (Wildman–Crippen MR) is 141 cm³/mol. The van der Waals surface area contributed by atoms with Gasteiger partial charge < -0.3 is 24.4 Å². The van der Waals surface area contributed by atoms with E-state index in [0.29, 0.717) is 51.5 Å². The van der Waals surface area contributed by atoms with Crippen molar-refractivity contribution in [2.24, 2.45) is 0 Å². The Bertz CT molecular complexity index is 1120. The van der Waals surface area contributed by atoms with E-state index in [4.69, 9.17) is 9.47 Å². The fourth-order valence-electron chi connectivity index (χ4n) is 4.65. The van der Waals surface area contributed by atoms with Crippen LogP contribution in [0.4, 0.5) is 4.79 Å². The Morgan fingerprint density at radius 2 is 1.68 bits per heavy atom. The second-order valence-electron chi connectivity index (χ2n) is 10.1. The third-order valence-electron chi connectivity index (χ3n) is 6.70. The SMILES string of the molecule is CC(=O)N1CCN(Cc2ccc(OCCCN3CC(=O)NC3=O)cc2)CC(O)(COc2ccc(C)cc2)C1. The first-order valence-electron chi connectivity index (χ1n) is 12.9. The van der Waals surface area contributed by atoms with Gasteiger partial charge >= 0.3 is 6.03 Å². The number of β-amino-alcohol motifs (C(OH)–C–C–N with tert-alkyl or cyclic N) is 1. The molecule has 0 bridgehead atoms. The maximum Gasteiger partial charge on any atom is 0.324 e. The molecule has 2 aromatic rings. The van der Waals surface area contributed by atoms with Crippen LogP contribution in [0, 0.1) is 6.92 Å². The molecular formula is C28H36N4O6. The number of hydrogen-bond donors (Lipinski definition) is 2. The number of ether oxygens (including phenoxy) is 2. The number of rotatable bonds is 10. The number of hydrogen-bond acceptors (Lipinski definition) is 7. The summed E-state index contributed by atoms with van der Waals surface area (Å²) < 4.78 is 11.7. The van der Waals surface area contributed by atoms with Crippen molar-refractivity contribution in [1.82, 2.24) is 20.0 Å². The lowest BCUT2D eigenvalue weighted by Crippen LogP contribution is -2.51. The summed E-state index contributed by atoms with van der Waals surface area (Å²) >= 11 is 0. The Kier molecular flexibility index (Phi) is 8.85. The van der Waals surface area contributed by atoms with E-state index in [0.717, 1.165) is 16.9 Å². The fraction of sp³-hybridized carbons (Fsp3) is 0.464. The van der Waals surface area contributed by atoms with Gasteiger partial charge in [-0.25, -0.2) is 4.79 Å². The molecule has 0 aromatic heterocycles. The topological polar surface area (TPSA) is 112 Å². The minimum Gasteiger partial charge on any atom is -0.494 e. The number of benzene rings is 2. The normalized spacial score (nSPS) is 20.3. The minimum atomic E-state index is -1.22. The van der Waals surface area contributed by atoms with Gasteiger partial charge in [-0.15, -0.1) is 0 Å². The highest BCUT2D eigenvalue weighted by Gasteiger charge is 2.37. The molecule has 2 saturated heterocycles. The molecular weight excluding hydrogens is 488 g/mol. The molecule has 2 aliphatic heterocycles. The Labute approximate surface area is 223 Å². The highest BCUT2D eigenvalue weighted by Crippen LogP contribution is 2.21. The predicted octanol–water partition coefficient (Wildman–Crippen LogP) is 1.79. The first-order valence-corrected chi connectivity index (χ1v) is 12.9. The molecule has 2 aliphatic rings. The number of urea groups is 1. The van der Waals surface area contributed by atoms with Gasteiger partial charge in [0.1, 0.15) is 30.3 Å². The lowest BCUT2D eigenvalue weighted by atomic mass is 10.0. The molecule has 2 heterocycles. The van der Waals surface area contributed by atoms with Gasteiger partial charge in [0.25, 0.3) is 0 Å². The zero-order valence-electron chi connectivity index (χ0n) is 22.0. The average molecular weight is 525 g/mol. The van der Waals surface area contributed by atoms with Crippen LogP contribution in [0.1, 0.15) is 24.5 Å². The highest BCUT2D eigenvalue weighted by molar-refractivity contribution is 6.01. The van der Waals surface area contributed by atoms with Crippen LogP contribution in [-0.4, -0.2) is 95.7 Å². The van der Waals surface area contributed by atoms with Gasteiger partial charge in [-0.1, -0.05) is 29.8 Å². The molecule has 4 rings (SSSR count). The van der Waals surface area contributed by atoms with Crippen LogP contribution < -0.4 is 14.8 Å². The molecule has 10 heteroatoms. The van der Waals surface area contributed by atoms with Gasteiger partial charge in [0, 0.05) is 39.6 Å². The minimum absolute atomic E-state index is 0.0703. The van der Waals surface area contributed by atoms with Crippen molar-refractivity contribution in [2.45, 2.75) is 32.4 Å². The van der Waals surface area contributed by atoms with Crippen LogP contribution in [0.3, 0.4) is 0 Å². The number of nitrogens with zero attached hydrogens (tertiary/aromatic N) is 3. The zero-order valence-corrected chi connectivity index (χ0v) is 22.0. The molecule has 0 saturated carbocycles. The van der Waals surface area contributed by atoms with E-state index in [-0.39, 0.29) is 37.5 Å². The van der Waals surface area contributed by atoms with Crippen LogP contribution in [0.5, 0.6) is 11.5 Å². The summed E-state index contributed by atoms with van der Waals surface area (Å²) in [5, 5.41) is 13.7. The van der Waals surface area contributed by atoms with Crippen LogP contribution in [0.2, 0.25) is 0 Å².